The van der Waals surface area contributed by atoms with Crippen molar-refractivity contribution in [3.05, 3.63) is 82.7 Å². The number of carbonyl (C=O) groups is 1. The van der Waals surface area contributed by atoms with E-state index in [-0.39, 0.29) is 24.7 Å². The minimum absolute atomic E-state index is 0.148. The number of carbonyl (C=O) groups excluding carboxylic acids is 1. The third kappa shape index (κ3) is 3.82. The average Bonchev–Trinajstić information content (AvgIpc) is 3.29. The molecular weight excluding hydrogens is 373 g/mol. The average molecular weight is 393 g/mol. The Morgan fingerprint density at radius 3 is 2.71 bits per heavy atom. The topological polar surface area (TPSA) is 46.4 Å². The Morgan fingerprint density at radius 1 is 1.18 bits per heavy atom. The quantitative estimate of drug-likeness (QED) is 0.519. The van der Waals surface area contributed by atoms with Gasteiger partial charge in [-0.3, -0.25) is 9.20 Å². The molecule has 0 fully saturated rings. The number of nitrogens with zero attached hydrogens (tertiary/aromatic N) is 2. The van der Waals surface area contributed by atoms with E-state index in [0.717, 1.165) is 28.3 Å². The molecule has 0 aliphatic heterocycles. The first-order valence-electron chi connectivity index (χ1n) is 9.19. The Balaban J connectivity index is 1.47. The molecule has 0 atom stereocenters. The van der Waals surface area contributed by atoms with Crippen molar-refractivity contribution in [1.29, 1.82) is 0 Å². The van der Waals surface area contributed by atoms with Crippen LogP contribution in [0.5, 0.6) is 0 Å². The molecule has 2 heterocycles. The predicted octanol–water partition coefficient (Wildman–Crippen LogP) is 4.62. The first-order valence-corrected chi connectivity index (χ1v) is 10.1. The second-order valence-corrected chi connectivity index (χ2v) is 7.44. The number of benzene rings is 2. The minimum atomic E-state index is -0.311. The Hall–Kier alpha value is -2.99. The zero-order valence-electron chi connectivity index (χ0n) is 15.5. The number of nitrogens with one attached hydrogen (secondary N) is 1. The molecule has 0 bridgehead atoms. The minimum Gasteiger partial charge on any atom is -0.352 e. The van der Waals surface area contributed by atoms with Gasteiger partial charge in [-0.1, -0.05) is 49.4 Å². The molecule has 28 heavy (non-hydrogen) atoms. The molecule has 2 aromatic carbocycles. The summed E-state index contributed by atoms with van der Waals surface area (Å²) >= 11 is 1.51. The maximum atomic E-state index is 13.7. The number of hydrogen-bond donors (Lipinski definition) is 1. The van der Waals surface area contributed by atoms with Gasteiger partial charge < -0.3 is 5.32 Å². The molecule has 0 spiro atoms. The van der Waals surface area contributed by atoms with Crippen molar-refractivity contribution in [3.63, 3.8) is 0 Å². The Bertz CT molecular complexity index is 1110. The van der Waals surface area contributed by atoms with E-state index >= 15 is 0 Å². The maximum absolute atomic E-state index is 13.7. The lowest BCUT2D eigenvalue weighted by Gasteiger charge is -2.06. The number of halogens is 1. The van der Waals surface area contributed by atoms with Crippen LogP contribution in [-0.2, 0) is 24.2 Å². The maximum Gasteiger partial charge on any atom is 0.226 e. The van der Waals surface area contributed by atoms with Gasteiger partial charge in [0.15, 0.2) is 4.96 Å². The van der Waals surface area contributed by atoms with Crippen molar-refractivity contribution in [2.75, 3.05) is 0 Å². The zero-order chi connectivity index (χ0) is 19.5. The number of thiazole rings is 1. The highest BCUT2D eigenvalue weighted by molar-refractivity contribution is 7.15. The summed E-state index contributed by atoms with van der Waals surface area (Å²) in [7, 11) is 0. The summed E-state index contributed by atoms with van der Waals surface area (Å²) in [5.74, 6) is -0.459. The van der Waals surface area contributed by atoms with Crippen LogP contribution < -0.4 is 5.32 Å². The van der Waals surface area contributed by atoms with Gasteiger partial charge in [-0.25, -0.2) is 9.37 Å². The number of amides is 1. The summed E-state index contributed by atoms with van der Waals surface area (Å²) in [4.78, 5) is 17.8. The third-order valence-corrected chi connectivity index (χ3v) is 5.61. The van der Waals surface area contributed by atoms with Crippen molar-refractivity contribution in [3.8, 4) is 11.3 Å². The predicted molar refractivity (Wildman–Crippen MR) is 110 cm³/mol. The lowest BCUT2D eigenvalue weighted by atomic mass is 10.1. The number of rotatable bonds is 6. The highest BCUT2D eigenvalue weighted by Gasteiger charge is 2.13. The van der Waals surface area contributed by atoms with Gasteiger partial charge >= 0.3 is 0 Å². The molecule has 142 valence electrons. The lowest BCUT2D eigenvalue weighted by Crippen LogP contribution is -2.25. The van der Waals surface area contributed by atoms with E-state index in [4.69, 9.17) is 0 Å². The van der Waals surface area contributed by atoms with Gasteiger partial charge in [0.25, 0.3) is 0 Å². The van der Waals surface area contributed by atoms with Gasteiger partial charge in [-0.15, -0.1) is 11.3 Å². The second kappa shape index (κ2) is 7.94. The van der Waals surface area contributed by atoms with Gasteiger partial charge in [0, 0.05) is 34.9 Å². The van der Waals surface area contributed by atoms with Crippen LogP contribution in [0.2, 0.25) is 0 Å². The number of aromatic nitrogens is 2. The molecule has 4 nitrogen and oxygen atoms in total. The van der Waals surface area contributed by atoms with Crippen molar-refractivity contribution < 1.29 is 9.18 Å². The molecule has 4 aromatic rings. The highest BCUT2D eigenvalue weighted by atomic mass is 32.1. The number of hydrogen-bond acceptors (Lipinski definition) is 3. The van der Waals surface area contributed by atoms with Crippen molar-refractivity contribution >= 4 is 22.2 Å². The van der Waals surface area contributed by atoms with Crippen LogP contribution in [0.4, 0.5) is 4.39 Å². The smallest absolute Gasteiger partial charge is 0.226 e. The van der Waals surface area contributed by atoms with E-state index in [9.17, 15) is 9.18 Å². The third-order valence-electron chi connectivity index (χ3n) is 4.72. The lowest BCUT2D eigenvalue weighted by molar-refractivity contribution is -0.120. The molecule has 1 N–H and O–H groups in total. The molecule has 0 unspecified atom stereocenters. The van der Waals surface area contributed by atoms with E-state index in [2.05, 4.69) is 41.5 Å². The number of imidazole rings is 1. The van der Waals surface area contributed by atoms with Crippen molar-refractivity contribution in [1.82, 2.24) is 14.7 Å². The summed E-state index contributed by atoms with van der Waals surface area (Å²) in [5, 5.41) is 4.73. The van der Waals surface area contributed by atoms with Crippen molar-refractivity contribution in [2.24, 2.45) is 0 Å². The molecule has 0 aliphatic carbocycles. The first kappa shape index (κ1) is 18.4. The van der Waals surface area contributed by atoms with Crippen LogP contribution in [0.3, 0.4) is 0 Å². The molecule has 0 saturated carbocycles. The van der Waals surface area contributed by atoms with Crippen LogP contribution in [0.25, 0.3) is 16.2 Å². The van der Waals surface area contributed by atoms with E-state index in [1.54, 1.807) is 18.2 Å². The second-order valence-electron chi connectivity index (χ2n) is 6.60. The van der Waals surface area contributed by atoms with Gasteiger partial charge in [-0.2, -0.15) is 0 Å². The molecule has 4 rings (SSSR count). The zero-order valence-corrected chi connectivity index (χ0v) is 16.3. The van der Waals surface area contributed by atoms with E-state index in [1.807, 2.05) is 16.0 Å². The summed E-state index contributed by atoms with van der Waals surface area (Å²) in [5.41, 5.74) is 4.59. The van der Waals surface area contributed by atoms with Crippen LogP contribution >= 0.6 is 11.3 Å². The Morgan fingerprint density at radius 2 is 1.96 bits per heavy atom. The summed E-state index contributed by atoms with van der Waals surface area (Å²) in [6.07, 6.45) is 3.19. The first-order chi connectivity index (χ1) is 13.6. The molecule has 0 radical (unpaired) electrons. The van der Waals surface area contributed by atoms with Crippen LogP contribution in [-0.4, -0.2) is 15.3 Å². The molecular formula is C22H20FN3OS. The molecule has 1 amide bonds. The van der Waals surface area contributed by atoms with Gasteiger partial charge in [0.1, 0.15) is 5.82 Å². The van der Waals surface area contributed by atoms with Crippen LogP contribution in [0.1, 0.15) is 23.7 Å². The molecule has 2 aromatic heterocycles. The molecule has 6 heteroatoms. The van der Waals surface area contributed by atoms with E-state index < -0.39 is 0 Å². The normalized spacial score (nSPS) is 11.1. The monoisotopic (exact) mass is 393 g/mol. The van der Waals surface area contributed by atoms with Gasteiger partial charge in [0.2, 0.25) is 5.91 Å². The SMILES string of the molecule is CCc1ccc(-c2cn3c(CC(=O)NCc4ccccc4F)csc3n2)cc1. The number of aryl methyl sites for hydroxylation is 1. The fraction of sp³-hybridized carbons (Fsp3) is 0.182. The highest BCUT2D eigenvalue weighted by Crippen LogP contribution is 2.24. The fourth-order valence-electron chi connectivity index (χ4n) is 3.07. The van der Waals surface area contributed by atoms with E-state index in [0.29, 0.717) is 5.56 Å². The van der Waals surface area contributed by atoms with E-state index in [1.165, 1.54) is 23.0 Å². The van der Waals surface area contributed by atoms with Crippen LogP contribution in [0.15, 0.2) is 60.1 Å². The van der Waals surface area contributed by atoms with Crippen LogP contribution in [0, 0.1) is 5.82 Å². The standard InChI is InChI=1S/C22H20FN3OS/c1-2-15-7-9-16(10-8-15)20-13-26-18(14-28-22(26)25-20)11-21(27)24-12-17-5-3-4-6-19(17)23/h3-10,13-14H,2,11-12H2,1H3,(H,24,27). The molecule has 0 saturated heterocycles. The largest absolute Gasteiger partial charge is 0.352 e. The Kier molecular flexibility index (Phi) is 5.21. The summed E-state index contributed by atoms with van der Waals surface area (Å²) in [6.45, 7) is 2.31. The fourth-order valence-corrected chi connectivity index (χ4v) is 3.94. The number of fused-ring (bicyclic) bond motifs is 1. The van der Waals surface area contributed by atoms with Crippen molar-refractivity contribution in [2.45, 2.75) is 26.3 Å². The summed E-state index contributed by atoms with van der Waals surface area (Å²) < 4.78 is 15.6. The van der Waals surface area contributed by atoms with Gasteiger partial charge in [0.05, 0.1) is 12.1 Å². The Labute approximate surface area is 166 Å². The summed E-state index contributed by atoms with van der Waals surface area (Å²) in [6, 6.07) is 14.8. The van der Waals surface area contributed by atoms with Gasteiger partial charge in [-0.05, 0) is 18.1 Å². The molecule has 0 aliphatic rings.